The Labute approximate surface area is 187 Å². The lowest BCUT2D eigenvalue weighted by molar-refractivity contribution is -0.130. The number of rotatable bonds is 2. The first kappa shape index (κ1) is 20.9. The normalized spacial score (nSPS) is 38.7. The molecule has 1 aromatic carbocycles. The van der Waals surface area contributed by atoms with Crippen molar-refractivity contribution in [2.45, 2.75) is 78.6 Å². The lowest BCUT2D eigenvalue weighted by Gasteiger charge is -2.56. The third kappa shape index (κ3) is 3.20. The van der Waals surface area contributed by atoms with Gasteiger partial charge in [0.2, 0.25) is 0 Å². The Bertz CT molecular complexity index is 978. The maximum atomic E-state index is 13.6. The van der Waals surface area contributed by atoms with Crippen molar-refractivity contribution < 1.29 is 9.59 Å². The standard InChI is InChI=1S/C29H36O2/c1-18(2)20-7-5-19(6-8-20)15-21-16-26-24-10-9-22-17-23(30)11-13-28(22,3)25(24)12-14-29(26,4)27(21)31/h5-8,15,17-18,24-26H,9-14,16H2,1-4H3/b21-15+/t24-,25+,26+,28+,29+/m1/s1. The molecule has 164 valence electrons. The molecular formula is C29H36O2. The van der Waals surface area contributed by atoms with Crippen LogP contribution in [0.4, 0.5) is 0 Å². The molecule has 3 saturated carbocycles. The first-order chi connectivity index (χ1) is 14.7. The minimum Gasteiger partial charge on any atom is -0.295 e. The maximum absolute atomic E-state index is 13.6. The van der Waals surface area contributed by atoms with Gasteiger partial charge >= 0.3 is 0 Å². The summed E-state index contributed by atoms with van der Waals surface area (Å²) in [4.78, 5) is 25.6. The van der Waals surface area contributed by atoms with E-state index in [1.807, 2.05) is 6.08 Å². The second-order valence-corrected chi connectivity index (χ2v) is 11.4. The molecule has 3 fully saturated rings. The van der Waals surface area contributed by atoms with Crippen LogP contribution in [0.25, 0.3) is 6.08 Å². The number of fused-ring (bicyclic) bond motifs is 5. The number of hydrogen-bond acceptors (Lipinski definition) is 2. The van der Waals surface area contributed by atoms with Crippen molar-refractivity contribution in [3.8, 4) is 0 Å². The van der Waals surface area contributed by atoms with Crippen LogP contribution in [0.3, 0.4) is 0 Å². The van der Waals surface area contributed by atoms with Gasteiger partial charge in [0.15, 0.2) is 11.6 Å². The van der Waals surface area contributed by atoms with Gasteiger partial charge in [-0.05, 0) is 96.5 Å². The Morgan fingerprint density at radius 3 is 2.39 bits per heavy atom. The zero-order chi connectivity index (χ0) is 22.0. The van der Waals surface area contributed by atoms with Gasteiger partial charge in [-0.25, -0.2) is 0 Å². The van der Waals surface area contributed by atoms with Crippen molar-refractivity contribution in [1.29, 1.82) is 0 Å². The van der Waals surface area contributed by atoms with E-state index >= 15 is 0 Å². The van der Waals surface area contributed by atoms with Gasteiger partial charge in [0, 0.05) is 11.8 Å². The van der Waals surface area contributed by atoms with Gasteiger partial charge < -0.3 is 0 Å². The number of Topliss-reactive ketones (excluding diaryl/α,β-unsaturated/α-hetero) is 1. The van der Waals surface area contributed by atoms with Gasteiger partial charge in [-0.1, -0.05) is 57.5 Å². The molecule has 0 saturated heterocycles. The molecule has 2 heteroatoms. The zero-order valence-electron chi connectivity index (χ0n) is 19.5. The lowest BCUT2D eigenvalue weighted by Crippen LogP contribution is -2.50. The quantitative estimate of drug-likeness (QED) is 0.491. The number of carbonyl (C=O) groups excluding carboxylic acids is 2. The molecular weight excluding hydrogens is 380 g/mol. The molecule has 5 rings (SSSR count). The molecule has 0 aromatic heterocycles. The summed E-state index contributed by atoms with van der Waals surface area (Å²) in [6.45, 7) is 9.08. The molecule has 4 aliphatic carbocycles. The Hall–Kier alpha value is -1.96. The number of ketones is 2. The highest BCUT2D eigenvalue weighted by Crippen LogP contribution is 2.65. The summed E-state index contributed by atoms with van der Waals surface area (Å²) in [5.74, 6) is 2.92. The van der Waals surface area contributed by atoms with Crippen molar-refractivity contribution in [1.82, 2.24) is 0 Å². The van der Waals surface area contributed by atoms with Crippen LogP contribution in [0.2, 0.25) is 0 Å². The Morgan fingerprint density at radius 2 is 1.68 bits per heavy atom. The summed E-state index contributed by atoms with van der Waals surface area (Å²) in [7, 11) is 0. The van der Waals surface area contributed by atoms with E-state index in [4.69, 9.17) is 0 Å². The zero-order valence-corrected chi connectivity index (χ0v) is 19.5. The minimum atomic E-state index is -0.201. The highest BCUT2D eigenvalue weighted by atomic mass is 16.1. The molecule has 0 amide bonds. The fourth-order valence-corrected chi connectivity index (χ4v) is 7.54. The molecule has 2 nitrogen and oxygen atoms in total. The van der Waals surface area contributed by atoms with E-state index < -0.39 is 0 Å². The van der Waals surface area contributed by atoms with E-state index in [1.165, 1.54) is 11.1 Å². The van der Waals surface area contributed by atoms with Crippen LogP contribution in [0.15, 0.2) is 41.5 Å². The van der Waals surface area contributed by atoms with Crippen LogP contribution in [-0.2, 0) is 9.59 Å². The predicted molar refractivity (Wildman–Crippen MR) is 126 cm³/mol. The summed E-state index contributed by atoms with van der Waals surface area (Å²) < 4.78 is 0. The van der Waals surface area contributed by atoms with Gasteiger partial charge in [0.1, 0.15) is 0 Å². The molecule has 4 aliphatic rings. The molecule has 0 bridgehead atoms. The molecule has 31 heavy (non-hydrogen) atoms. The third-order valence-corrected chi connectivity index (χ3v) is 9.55. The number of carbonyl (C=O) groups is 2. The van der Waals surface area contributed by atoms with Crippen molar-refractivity contribution in [3.05, 3.63) is 52.6 Å². The average Bonchev–Trinajstić information content (AvgIpc) is 2.99. The van der Waals surface area contributed by atoms with Crippen LogP contribution >= 0.6 is 0 Å². The van der Waals surface area contributed by atoms with Crippen LogP contribution < -0.4 is 0 Å². The fourth-order valence-electron chi connectivity index (χ4n) is 7.54. The molecule has 5 atom stereocenters. The highest BCUT2D eigenvalue weighted by Gasteiger charge is 2.60. The smallest absolute Gasteiger partial charge is 0.165 e. The van der Waals surface area contributed by atoms with Gasteiger partial charge in [0.25, 0.3) is 0 Å². The van der Waals surface area contributed by atoms with E-state index in [1.54, 1.807) is 0 Å². The predicted octanol–water partition coefficient (Wildman–Crippen LogP) is 6.90. The van der Waals surface area contributed by atoms with Crippen LogP contribution in [-0.4, -0.2) is 11.6 Å². The monoisotopic (exact) mass is 416 g/mol. The van der Waals surface area contributed by atoms with E-state index in [2.05, 4.69) is 58.0 Å². The maximum Gasteiger partial charge on any atom is 0.165 e. The van der Waals surface area contributed by atoms with E-state index in [9.17, 15) is 9.59 Å². The average molecular weight is 417 g/mol. The second kappa shape index (κ2) is 7.29. The van der Waals surface area contributed by atoms with E-state index in [-0.39, 0.29) is 10.8 Å². The third-order valence-electron chi connectivity index (χ3n) is 9.55. The minimum absolute atomic E-state index is 0.167. The number of benzene rings is 1. The summed E-state index contributed by atoms with van der Waals surface area (Å²) in [5.41, 5.74) is 4.90. The largest absolute Gasteiger partial charge is 0.295 e. The second-order valence-electron chi connectivity index (χ2n) is 11.4. The molecule has 0 unspecified atom stereocenters. The fraction of sp³-hybridized carbons (Fsp3) is 0.586. The SMILES string of the molecule is CC(C)c1ccc(/C=C2\C[C@H]3[C@@H]4CCC5=CC(=O)CC[C@]5(C)[C@H]4CC[C@]3(C)C2=O)cc1. The van der Waals surface area contributed by atoms with Gasteiger partial charge in [-0.2, -0.15) is 0 Å². The summed E-state index contributed by atoms with van der Waals surface area (Å²) in [6, 6.07) is 8.73. The van der Waals surface area contributed by atoms with Crippen LogP contribution in [0.5, 0.6) is 0 Å². The number of allylic oxidation sites excluding steroid dienone is 2. The van der Waals surface area contributed by atoms with Gasteiger partial charge in [0.05, 0.1) is 0 Å². The van der Waals surface area contributed by atoms with Crippen molar-refractivity contribution >= 4 is 17.6 Å². The van der Waals surface area contributed by atoms with Crippen LogP contribution in [0.1, 0.15) is 89.7 Å². The van der Waals surface area contributed by atoms with E-state index in [0.717, 1.165) is 49.7 Å². The Balaban J connectivity index is 1.44. The topological polar surface area (TPSA) is 34.1 Å². The molecule has 0 spiro atoms. The van der Waals surface area contributed by atoms with Crippen LogP contribution in [0, 0.1) is 28.6 Å². The summed E-state index contributed by atoms with van der Waals surface area (Å²) in [5, 5.41) is 0. The van der Waals surface area contributed by atoms with Crippen molar-refractivity contribution in [3.63, 3.8) is 0 Å². The van der Waals surface area contributed by atoms with Crippen molar-refractivity contribution in [2.24, 2.45) is 28.6 Å². The summed E-state index contributed by atoms with van der Waals surface area (Å²) >= 11 is 0. The first-order valence-corrected chi connectivity index (χ1v) is 12.3. The molecule has 0 heterocycles. The van der Waals surface area contributed by atoms with Gasteiger partial charge in [-0.15, -0.1) is 0 Å². The molecule has 0 radical (unpaired) electrons. The first-order valence-electron chi connectivity index (χ1n) is 12.3. The highest BCUT2D eigenvalue weighted by molar-refractivity contribution is 6.06. The Kier molecular flexibility index (Phi) is 4.92. The molecule has 0 N–H and O–H groups in total. The van der Waals surface area contributed by atoms with Gasteiger partial charge in [-0.3, -0.25) is 9.59 Å². The molecule has 1 aromatic rings. The lowest BCUT2D eigenvalue weighted by atomic mass is 9.47. The Morgan fingerprint density at radius 1 is 0.935 bits per heavy atom. The van der Waals surface area contributed by atoms with Crippen molar-refractivity contribution in [2.75, 3.05) is 0 Å². The summed E-state index contributed by atoms with van der Waals surface area (Å²) in [6.07, 6.45) is 11.1. The van der Waals surface area contributed by atoms with E-state index in [0.29, 0.717) is 41.7 Å². The molecule has 0 aliphatic heterocycles. The number of hydrogen-bond donors (Lipinski definition) is 0.